The number of carbonyl (C=O) groups excluding carboxylic acids is 1. The number of amides is 1. The van der Waals surface area contributed by atoms with Crippen LogP contribution >= 0.6 is 0 Å². The first-order valence-corrected chi connectivity index (χ1v) is 12.2. The smallest absolute Gasteiger partial charge is 0.264 e. The van der Waals surface area contributed by atoms with Crippen molar-refractivity contribution in [3.8, 4) is 0 Å². The number of hydrogen-bond donors (Lipinski definition) is 1. The number of hydrogen-bond acceptors (Lipinski definition) is 3. The Morgan fingerprint density at radius 3 is 2.65 bits per heavy atom. The summed E-state index contributed by atoms with van der Waals surface area (Å²) in [5.74, 6) is -0.629. The summed E-state index contributed by atoms with van der Waals surface area (Å²) in [6.07, 6.45) is 8.38. The highest BCUT2D eigenvalue weighted by molar-refractivity contribution is 7.92. The Labute approximate surface area is 183 Å². The van der Waals surface area contributed by atoms with Gasteiger partial charge in [0.1, 0.15) is 5.82 Å². The Hall–Kier alpha value is -2.67. The van der Waals surface area contributed by atoms with Crippen LogP contribution in [0.4, 0.5) is 10.1 Å². The number of rotatable bonds is 6. The molecule has 2 aromatic carbocycles. The molecule has 164 valence electrons. The van der Waals surface area contributed by atoms with E-state index in [4.69, 9.17) is 0 Å². The van der Waals surface area contributed by atoms with Gasteiger partial charge in [0.25, 0.3) is 15.9 Å². The zero-order valence-corrected chi connectivity index (χ0v) is 18.4. The van der Waals surface area contributed by atoms with Gasteiger partial charge < -0.3 is 5.32 Å². The van der Waals surface area contributed by atoms with E-state index in [1.54, 1.807) is 18.2 Å². The summed E-state index contributed by atoms with van der Waals surface area (Å²) in [7, 11) is -3.82. The van der Waals surface area contributed by atoms with Gasteiger partial charge in [0.05, 0.1) is 10.6 Å². The van der Waals surface area contributed by atoms with Crippen LogP contribution in [0.5, 0.6) is 0 Å². The highest BCUT2D eigenvalue weighted by Crippen LogP contribution is 2.37. The van der Waals surface area contributed by atoms with Crippen molar-refractivity contribution in [1.82, 2.24) is 5.32 Å². The van der Waals surface area contributed by atoms with Crippen molar-refractivity contribution in [3.63, 3.8) is 0 Å². The minimum absolute atomic E-state index is 0.0486. The molecule has 0 fully saturated rings. The maximum atomic E-state index is 13.2. The molecule has 5 nitrogen and oxygen atoms in total. The van der Waals surface area contributed by atoms with E-state index in [-0.39, 0.29) is 16.8 Å². The maximum absolute atomic E-state index is 13.2. The second-order valence-electron chi connectivity index (χ2n) is 8.27. The third-order valence-electron chi connectivity index (χ3n) is 5.98. The molecule has 1 amide bonds. The number of anilines is 1. The molecule has 0 aromatic heterocycles. The van der Waals surface area contributed by atoms with Gasteiger partial charge in [0.15, 0.2) is 0 Å². The van der Waals surface area contributed by atoms with Gasteiger partial charge in [0, 0.05) is 18.2 Å². The first-order valence-electron chi connectivity index (χ1n) is 10.8. The van der Waals surface area contributed by atoms with E-state index in [2.05, 4.69) is 11.4 Å². The molecule has 0 spiro atoms. The molecule has 1 aliphatic heterocycles. The van der Waals surface area contributed by atoms with Gasteiger partial charge in [-0.25, -0.2) is 12.8 Å². The number of fused-ring (bicyclic) bond motifs is 1. The Kier molecular flexibility index (Phi) is 6.14. The Morgan fingerprint density at radius 2 is 1.94 bits per heavy atom. The van der Waals surface area contributed by atoms with Gasteiger partial charge in [-0.15, -0.1) is 0 Å². The first kappa shape index (κ1) is 21.6. The van der Waals surface area contributed by atoms with Crippen LogP contribution in [0.2, 0.25) is 0 Å². The molecule has 0 unspecified atom stereocenters. The monoisotopic (exact) mass is 442 g/mol. The van der Waals surface area contributed by atoms with E-state index in [9.17, 15) is 17.6 Å². The van der Waals surface area contributed by atoms with E-state index in [1.807, 2.05) is 6.92 Å². The molecule has 1 aliphatic carbocycles. The molecule has 4 rings (SSSR count). The second kappa shape index (κ2) is 8.83. The number of halogens is 1. The molecule has 0 bridgehead atoms. The molecular weight excluding hydrogens is 415 g/mol. The third kappa shape index (κ3) is 4.51. The van der Waals surface area contributed by atoms with Crippen LogP contribution in [-0.4, -0.2) is 26.9 Å². The molecule has 2 aliphatic rings. The van der Waals surface area contributed by atoms with Crippen LogP contribution < -0.4 is 9.62 Å². The Morgan fingerprint density at radius 1 is 1.16 bits per heavy atom. The average molecular weight is 443 g/mol. The van der Waals surface area contributed by atoms with Crippen molar-refractivity contribution in [1.29, 1.82) is 0 Å². The predicted octanol–water partition coefficient (Wildman–Crippen LogP) is 4.59. The van der Waals surface area contributed by atoms with Gasteiger partial charge >= 0.3 is 0 Å². The fourth-order valence-electron chi connectivity index (χ4n) is 4.40. The number of benzene rings is 2. The number of nitrogens with one attached hydrogen (secondary N) is 1. The van der Waals surface area contributed by atoms with Gasteiger partial charge in [-0.05, 0) is 93.5 Å². The minimum Gasteiger partial charge on any atom is -0.352 e. The molecule has 1 heterocycles. The SMILES string of the molecule is C[C@H]1Cc2cc(C(=O)NCCC3=CCCCC3)ccc2N1S(=O)(=O)c1ccc(F)cc1. The maximum Gasteiger partial charge on any atom is 0.264 e. The molecule has 0 radical (unpaired) electrons. The second-order valence-corrected chi connectivity index (χ2v) is 10.1. The summed E-state index contributed by atoms with van der Waals surface area (Å²) in [5, 5.41) is 2.97. The van der Waals surface area contributed by atoms with Crippen LogP contribution in [0.1, 0.15) is 54.9 Å². The Balaban J connectivity index is 1.49. The molecule has 0 saturated heterocycles. The highest BCUT2D eigenvalue weighted by atomic mass is 32.2. The van der Waals surface area contributed by atoms with Gasteiger partial charge in [-0.2, -0.15) is 0 Å². The quantitative estimate of drug-likeness (QED) is 0.666. The normalized spacial score (nSPS) is 18.5. The molecule has 31 heavy (non-hydrogen) atoms. The van der Waals surface area contributed by atoms with Crippen molar-refractivity contribution in [2.45, 2.75) is 56.4 Å². The topological polar surface area (TPSA) is 66.5 Å². The Bertz CT molecular complexity index is 1110. The molecular formula is C24H27FN2O3S. The standard InChI is InChI=1S/C24H27FN2O3S/c1-17-15-20-16-19(24(28)26-14-13-18-5-3-2-4-6-18)7-12-23(20)27(17)31(29,30)22-10-8-21(25)9-11-22/h5,7-12,16-17H,2-4,6,13-15H2,1H3,(H,26,28)/t17-/m0/s1. The van der Waals surface area contributed by atoms with E-state index in [0.29, 0.717) is 24.2 Å². The number of allylic oxidation sites excluding steroid dienone is 1. The summed E-state index contributed by atoms with van der Waals surface area (Å²) in [5.41, 5.74) is 3.34. The lowest BCUT2D eigenvalue weighted by Gasteiger charge is -2.24. The summed E-state index contributed by atoms with van der Waals surface area (Å²) < 4.78 is 40.9. The van der Waals surface area contributed by atoms with E-state index in [1.165, 1.54) is 34.9 Å². The zero-order chi connectivity index (χ0) is 22.0. The number of carbonyl (C=O) groups is 1. The van der Waals surface area contributed by atoms with Crippen LogP contribution in [-0.2, 0) is 16.4 Å². The molecule has 1 atom stereocenters. The van der Waals surface area contributed by atoms with E-state index >= 15 is 0 Å². The van der Waals surface area contributed by atoms with Crippen molar-refractivity contribution < 1.29 is 17.6 Å². The fourth-order valence-corrected chi connectivity index (χ4v) is 6.09. The third-order valence-corrected chi connectivity index (χ3v) is 7.92. The number of nitrogens with zero attached hydrogens (tertiary/aromatic N) is 1. The summed E-state index contributed by atoms with van der Waals surface area (Å²) in [4.78, 5) is 12.7. The molecule has 2 aromatic rings. The summed E-state index contributed by atoms with van der Waals surface area (Å²) >= 11 is 0. The largest absolute Gasteiger partial charge is 0.352 e. The van der Waals surface area contributed by atoms with Gasteiger partial charge in [-0.1, -0.05) is 11.6 Å². The fraction of sp³-hybridized carbons (Fsp3) is 0.375. The lowest BCUT2D eigenvalue weighted by Crippen LogP contribution is -2.35. The number of sulfonamides is 1. The van der Waals surface area contributed by atoms with Gasteiger partial charge in [0.2, 0.25) is 0 Å². The van der Waals surface area contributed by atoms with Crippen LogP contribution in [0, 0.1) is 5.82 Å². The predicted molar refractivity (Wildman–Crippen MR) is 119 cm³/mol. The average Bonchev–Trinajstić information content (AvgIpc) is 3.10. The molecule has 1 N–H and O–H groups in total. The van der Waals surface area contributed by atoms with E-state index in [0.717, 1.165) is 37.0 Å². The summed E-state index contributed by atoms with van der Waals surface area (Å²) in [6, 6.07) is 9.69. The van der Waals surface area contributed by atoms with Crippen LogP contribution in [0.3, 0.4) is 0 Å². The highest BCUT2D eigenvalue weighted by Gasteiger charge is 2.36. The van der Waals surface area contributed by atoms with Crippen LogP contribution in [0.15, 0.2) is 59.0 Å². The minimum atomic E-state index is -3.82. The van der Waals surface area contributed by atoms with Crippen molar-refractivity contribution in [3.05, 3.63) is 71.1 Å². The lowest BCUT2D eigenvalue weighted by atomic mass is 9.97. The van der Waals surface area contributed by atoms with Crippen molar-refractivity contribution in [2.75, 3.05) is 10.8 Å². The molecule has 0 saturated carbocycles. The van der Waals surface area contributed by atoms with Crippen molar-refractivity contribution in [2.24, 2.45) is 0 Å². The van der Waals surface area contributed by atoms with Crippen LogP contribution in [0.25, 0.3) is 0 Å². The van der Waals surface area contributed by atoms with Crippen molar-refractivity contribution >= 4 is 21.6 Å². The van der Waals surface area contributed by atoms with E-state index < -0.39 is 15.8 Å². The molecule has 7 heteroatoms. The first-order chi connectivity index (χ1) is 14.9. The van der Waals surface area contributed by atoms with Gasteiger partial charge in [-0.3, -0.25) is 9.10 Å². The lowest BCUT2D eigenvalue weighted by molar-refractivity contribution is 0.0954. The summed E-state index contributed by atoms with van der Waals surface area (Å²) in [6.45, 7) is 2.43. The zero-order valence-electron chi connectivity index (χ0n) is 17.6.